The molecule has 1 fully saturated rings. The van der Waals surface area contributed by atoms with Gasteiger partial charge in [0.2, 0.25) is 0 Å². The maximum absolute atomic E-state index is 13.9. The molecule has 0 unspecified atom stereocenters. The first-order chi connectivity index (χ1) is 18.2. The Morgan fingerprint density at radius 2 is 1.66 bits per heavy atom. The number of benzene rings is 2. The third-order valence-electron chi connectivity index (χ3n) is 7.39. The molecule has 6 nitrogen and oxygen atoms in total. The number of nitrogens with zero attached hydrogens (tertiary/aromatic N) is 5. The van der Waals surface area contributed by atoms with E-state index < -0.39 is 0 Å². The van der Waals surface area contributed by atoms with Gasteiger partial charge in [-0.2, -0.15) is 5.10 Å². The van der Waals surface area contributed by atoms with Crippen molar-refractivity contribution in [2.45, 2.75) is 60.5 Å². The van der Waals surface area contributed by atoms with Crippen molar-refractivity contribution in [2.24, 2.45) is 5.92 Å². The number of hydrogen-bond acceptors (Lipinski definition) is 4. The second-order valence-corrected chi connectivity index (χ2v) is 11.0. The van der Waals surface area contributed by atoms with Gasteiger partial charge >= 0.3 is 0 Å². The summed E-state index contributed by atoms with van der Waals surface area (Å²) in [6.07, 6.45) is 0.747. The largest absolute Gasteiger partial charge is 0.354 e. The number of amides is 1. The van der Waals surface area contributed by atoms with Crippen molar-refractivity contribution < 1.29 is 9.18 Å². The monoisotopic (exact) mass is 519 g/mol. The molecule has 1 aliphatic heterocycles. The third kappa shape index (κ3) is 6.09. The van der Waals surface area contributed by atoms with Crippen molar-refractivity contribution in [3.05, 3.63) is 76.7 Å². The Hall–Kier alpha value is -3.19. The highest BCUT2D eigenvalue weighted by Gasteiger charge is 2.29. The molecule has 38 heavy (non-hydrogen) atoms. The van der Waals surface area contributed by atoms with Crippen LogP contribution in [0.4, 0.5) is 10.2 Å². The average Bonchev–Trinajstić information content (AvgIpc) is 3.26. The van der Waals surface area contributed by atoms with Crippen molar-refractivity contribution >= 4 is 11.7 Å². The zero-order valence-electron chi connectivity index (χ0n) is 23.7. The van der Waals surface area contributed by atoms with Crippen LogP contribution in [0.2, 0.25) is 0 Å². The van der Waals surface area contributed by atoms with Crippen molar-refractivity contribution in [1.82, 2.24) is 19.6 Å². The summed E-state index contributed by atoms with van der Waals surface area (Å²) >= 11 is 0. The van der Waals surface area contributed by atoms with Crippen LogP contribution >= 0.6 is 0 Å². The van der Waals surface area contributed by atoms with Crippen LogP contribution in [0.25, 0.3) is 5.69 Å². The van der Waals surface area contributed by atoms with Crippen molar-refractivity contribution in [1.29, 1.82) is 0 Å². The number of carbonyl (C=O) groups excluding carboxylic acids is 1. The number of rotatable bonds is 9. The Balaban J connectivity index is 1.79. The maximum Gasteiger partial charge on any atom is 0.254 e. The second-order valence-electron chi connectivity index (χ2n) is 11.0. The predicted octanol–water partition coefficient (Wildman–Crippen LogP) is 5.71. The fourth-order valence-electron chi connectivity index (χ4n) is 5.30. The zero-order chi connectivity index (χ0) is 27.4. The molecule has 0 spiro atoms. The highest BCUT2D eigenvalue weighted by atomic mass is 19.1. The van der Waals surface area contributed by atoms with E-state index in [1.54, 1.807) is 12.1 Å². The standard InChI is InChI=1S/C31H42FN5O/c1-7-29-28(21-36(20-22(2)3)31(38)27-11-9-8-10-24(27)6)30(35-18-16-34(17-19-35)23(4)5)37(33-29)26-14-12-25(32)13-15-26/h8-15,22-23H,7,16-21H2,1-6H3. The van der Waals surface area contributed by atoms with Crippen LogP contribution in [0.3, 0.4) is 0 Å². The number of carbonyl (C=O) groups is 1. The van der Waals surface area contributed by atoms with Gasteiger partial charge in [-0.3, -0.25) is 9.69 Å². The summed E-state index contributed by atoms with van der Waals surface area (Å²) in [4.78, 5) is 20.7. The van der Waals surface area contributed by atoms with Gasteiger partial charge in [0.1, 0.15) is 11.6 Å². The van der Waals surface area contributed by atoms with E-state index in [-0.39, 0.29) is 11.7 Å². The van der Waals surface area contributed by atoms with Crippen LogP contribution in [0.5, 0.6) is 0 Å². The number of anilines is 1. The first-order valence-corrected chi connectivity index (χ1v) is 13.9. The summed E-state index contributed by atoms with van der Waals surface area (Å²) in [6.45, 7) is 17.7. The lowest BCUT2D eigenvalue weighted by molar-refractivity contribution is 0.0721. The molecule has 2 aromatic carbocycles. The smallest absolute Gasteiger partial charge is 0.254 e. The number of piperazine rings is 1. The van der Waals surface area contributed by atoms with Gasteiger partial charge in [0.25, 0.3) is 5.91 Å². The lowest BCUT2D eigenvalue weighted by atomic mass is 10.1. The molecule has 1 aromatic heterocycles. The summed E-state index contributed by atoms with van der Waals surface area (Å²) in [5.41, 5.74) is 4.60. The topological polar surface area (TPSA) is 44.6 Å². The molecule has 2 heterocycles. The van der Waals surface area contributed by atoms with Crippen LogP contribution in [-0.4, -0.2) is 64.3 Å². The molecule has 4 rings (SSSR count). The molecule has 1 aliphatic rings. The van der Waals surface area contributed by atoms with E-state index in [4.69, 9.17) is 5.10 Å². The summed E-state index contributed by atoms with van der Waals surface area (Å²) in [5.74, 6) is 1.11. The zero-order valence-corrected chi connectivity index (χ0v) is 23.7. The molecule has 0 radical (unpaired) electrons. The van der Waals surface area contributed by atoms with Gasteiger partial charge in [-0.15, -0.1) is 0 Å². The predicted molar refractivity (Wildman–Crippen MR) is 153 cm³/mol. The molecule has 0 bridgehead atoms. The van der Waals surface area contributed by atoms with Crippen LogP contribution in [-0.2, 0) is 13.0 Å². The summed E-state index contributed by atoms with van der Waals surface area (Å²) in [6, 6.07) is 14.8. The normalized spacial score (nSPS) is 14.5. The molecule has 0 aliphatic carbocycles. The number of aromatic nitrogens is 2. The van der Waals surface area contributed by atoms with Gasteiger partial charge < -0.3 is 9.80 Å². The van der Waals surface area contributed by atoms with E-state index in [9.17, 15) is 9.18 Å². The van der Waals surface area contributed by atoms with Crippen molar-refractivity contribution in [2.75, 3.05) is 37.6 Å². The average molecular weight is 520 g/mol. The molecule has 0 N–H and O–H groups in total. The minimum absolute atomic E-state index is 0.0453. The Bertz CT molecular complexity index is 1230. The summed E-state index contributed by atoms with van der Waals surface area (Å²) in [5, 5.41) is 5.04. The first-order valence-electron chi connectivity index (χ1n) is 13.9. The van der Waals surface area contributed by atoms with Gasteiger partial charge in [-0.25, -0.2) is 9.07 Å². The van der Waals surface area contributed by atoms with Gasteiger partial charge in [-0.1, -0.05) is 39.0 Å². The molecular formula is C31H42FN5O. The molecule has 3 aromatic rings. The Morgan fingerprint density at radius 3 is 2.24 bits per heavy atom. The molecule has 7 heteroatoms. The van der Waals surface area contributed by atoms with E-state index in [0.717, 1.165) is 66.5 Å². The quantitative estimate of drug-likeness (QED) is 0.363. The molecule has 204 valence electrons. The molecule has 1 amide bonds. The third-order valence-corrected chi connectivity index (χ3v) is 7.39. The van der Waals surface area contributed by atoms with Crippen molar-refractivity contribution in [3.63, 3.8) is 0 Å². The summed E-state index contributed by atoms with van der Waals surface area (Å²) < 4.78 is 15.8. The molecular weight excluding hydrogens is 477 g/mol. The van der Waals surface area contributed by atoms with Crippen LogP contribution in [0.15, 0.2) is 48.5 Å². The van der Waals surface area contributed by atoms with Gasteiger partial charge in [0, 0.05) is 49.9 Å². The minimum atomic E-state index is -0.268. The first kappa shape index (κ1) is 27.8. The van der Waals surface area contributed by atoms with E-state index >= 15 is 0 Å². The number of halogens is 1. The van der Waals surface area contributed by atoms with E-state index in [1.165, 1.54) is 12.1 Å². The lowest BCUT2D eigenvalue weighted by Gasteiger charge is -2.38. The Labute approximate surface area is 227 Å². The molecule has 0 saturated carbocycles. The second kappa shape index (κ2) is 12.1. The maximum atomic E-state index is 13.9. The Morgan fingerprint density at radius 1 is 1.00 bits per heavy atom. The number of hydrogen-bond donors (Lipinski definition) is 0. The highest BCUT2D eigenvalue weighted by Crippen LogP contribution is 2.31. The SMILES string of the molecule is CCc1nn(-c2ccc(F)cc2)c(N2CCN(C(C)C)CC2)c1CN(CC(C)C)C(=O)c1ccccc1C. The fraction of sp³-hybridized carbons (Fsp3) is 0.484. The number of aryl methyl sites for hydroxylation is 2. The van der Waals surface area contributed by atoms with E-state index in [0.29, 0.717) is 25.0 Å². The van der Waals surface area contributed by atoms with Crippen LogP contribution in [0.1, 0.15) is 61.8 Å². The molecule has 1 saturated heterocycles. The van der Waals surface area contributed by atoms with Gasteiger partial charge in [0.05, 0.1) is 17.9 Å². The molecule has 0 atom stereocenters. The fourth-order valence-corrected chi connectivity index (χ4v) is 5.30. The lowest BCUT2D eigenvalue weighted by Crippen LogP contribution is -2.49. The minimum Gasteiger partial charge on any atom is -0.354 e. The highest BCUT2D eigenvalue weighted by molar-refractivity contribution is 5.95. The van der Waals surface area contributed by atoms with Gasteiger partial charge in [-0.05, 0) is 69.0 Å². The Kier molecular flexibility index (Phi) is 8.87. The summed E-state index contributed by atoms with van der Waals surface area (Å²) in [7, 11) is 0. The van der Waals surface area contributed by atoms with E-state index in [1.807, 2.05) is 40.8 Å². The van der Waals surface area contributed by atoms with E-state index in [2.05, 4.69) is 44.4 Å². The van der Waals surface area contributed by atoms with Gasteiger partial charge in [0.15, 0.2) is 0 Å². The van der Waals surface area contributed by atoms with Crippen molar-refractivity contribution in [3.8, 4) is 5.69 Å². The van der Waals surface area contributed by atoms with Crippen LogP contribution in [0, 0.1) is 18.7 Å². The van der Waals surface area contributed by atoms with Crippen LogP contribution < -0.4 is 4.90 Å².